The molecule has 2 aliphatic heterocycles. The van der Waals surface area contributed by atoms with Gasteiger partial charge < -0.3 is 15.0 Å². The van der Waals surface area contributed by atoms with E-state index in [1.807, 2.05) is 35.2 Å². The summed E-state index contributed by atoms with van der Waals surface area (Å²) in [6.45, 7) is 2.13. The average molecular weight is 388 g/mol. The molecule has 0 fully saturated rings. The summed E-state index contributed by atoms with van der Waals surface area (Å²) < 4.78 is 5.41. The van der Waals surface area contributed by atoms with Crippen molar-refractivity contribution in [1.29, 1.82) is 0 Å². The Morgan fingerprint density at radius 2 is 2.03 bits per heavy atom. The molecule has 0 aliphatic carbocycles. The monoisotopic (exact) mass is 388 g/mol. The van der Waals surface area contributed by atoms with Gasteiger partial charge in [-0.2, -0.15) is 5.10 Å². The summed E-state index contributed by atoms with van der Waals surface area (Å²) in [5, 5.41) is 10.8. The second-order valence-electron chi connectivity index (χ2n) is 7.65. The van der Waals surface area contributed by atoms with Crippen LogP contribution in [0.1, 0.15) is 44.5 Å². The number of aromatic amines is 1. The first kappa shape index (κ1) is 17.9. The van der Waals surface area contributed by atoms with Gasteiger partial charge in [-0.3, -0.25) is 9.89 Å². The topological polar surface area (TPSA) is 70.2 Å². The van der Waals surface area contributed by atoms with Gasteiger partial charge in [0.25, 0.3) is 5.91 Å². The van der Waals surface area contributed by atoms with Gasteiger partial charge in [-0.05, 0) is 35.2 Å². The molecule has 29 heavy (non-hydrogen) atoms. The molecular formula is C23H24N4O2. The van der Waals surface area contributed by atoms with Crippen molar-refractivity contribution in [3.63, 3.8) is 0 Å². The molecule has 0 spiro atoms. The Labute approximate surface area is 169 Å². The van der Waals surface area contributed by atoms with Crippen LogP contribution >= 0.6 is 0 Å². The van der Waals surface area contributed by atoms with Crippen molar-refractivity contribution < 1.29 is 9.53 Å². The molecule has 1 amide bonds. The smallest absolute Gasteiger partial charge is 0.275 e. The third-order valence-corrected chi connectivity index (χ3v) is 6.00. The van der Waals surface area contributed by atoms with Crippen LogP contribution in [0.3, 0.4) is 0 Å². The Bertz CT molecular complexity index is 1040. The predicted octanol–water partition coefficient (Wildman–Crippen LogP) is 3.00. The van der Waals surface area contributed by atoms with E-state index in [-0.39, 0.29) is 11.9 Å². The maximum atomic E-state index is 13.7. The Balaban J connectivity index is 1.55. The highest BCUT2D eigenvalue weighted by Crippen LogP contribution is 2.36. The lowest BCUT2D eigenvalue weighted by Gasteiger charge is -2.37. The number of hydrogen-bond acceptors (Lipinski definition) is 4. The van der Waals surface area contributed by atoms with Crippen molar-refractivity contribution in [2.45, 2.75) is 32.0 Å². The molecule has 0 radical (unpaired) electrons. The van der Waals surface area contributed by atoms with Crippen molar-refractivity contribution in [3.8, 4) is 5.75 Å². The molecule has 2 aromatic carbocycles. The zero-order valence-electron chi connectivity index (χ0n) is 16.4. The highest BCUT2D eigenvalue weighted by molar-refractivity contribution is 5.94. The van der Waals surface area contributed by atoms with E-state index >= 15 is 0 Å². The summed E-state index contributed by atoms with van der Waals surface area (Å²) in [4.78, 5) is 15.6. The van der Waals surface area contributed by atoms with Crippen LogP contribution in [-0.2, 0) is 25.9 Å². The van der Waals surface area contributed by atoms with E-state index in [0.717, 1.165) is 47.5 Å². The van der Waals surface area contributed by atoms with Crippen molar-refractivity contribution in [3.05, 3.63) is 82.2 Å². The number of amides is 1. The molecule has 148 valence electrons. The standard InChI is InChI=1S/C23H24N4O2/c1-29-18-8-7-16-12-21(15-5-3-2-4-6-15)27(14-17(16)11-18)23(28)22-19-13-24-10-9-20(19)25-26-22/h2-8,11,21,24H,9-10,12-14H2,1H3,(H,25,26). The minimum atomic E-state index is -0.0199. The van der Waals surface area contributed by atoms with Gasteiger partial charge in [0.05, 0.1) is 13.2 Å². The van der Waals surface area contributed by atoms with E-state index in [1.54, 1.807) is 7.11 Å². The summed E-state index contributed by atoms with van der Waals surface area (Å²) in [7, 11) is 1.67. The van der Waals surface area contributed by atoms with Crippen LogP contribution in [0.15, 0.2) is 48.5 Å². The summed E-state index contributed by atoms with van der Waals surface area (Å²) >= 11 is 0. The van der Waals surface area contributed by atoms with Crippen LogP contribution in [0, 0.1) is 0 Å². The highest BCUT2D eigenvalue weighted by atomic mass is 16.5. The maximum Gasteiger partial charge on any atom is 0.275 e. The summed E-state index contributed by atoms with van der Waals surface area (Å²) in [5.41, 5.74) is 6.15. The molecule has 1 atom stereocenters. The van der Waals surface area contributed by atoms with Crippen LogP contribution in [0.25, 0.3) is 0 Å². The fourth-order valence-corrected chi connectivity index (χ4v) is 4.41. The lowest BCUT2D eigenvalue weighted by atomic mass is 9.89. The zero-order chi connectivity index (χ0) is 19.8. The molecule has 1 aromatic heterocycles. The van der Waals surface area contributed by atoms with E-state index in [0.29, 0.717) is 18.8 Å². The highest BCUT2D eigenvalue weighted by Gasteiger charge is 2.34. The SMILES string of the molecule is COc1ccc2c(c1)CN(C(=O)c1n[nH]c3c1CNCC3)C(c1ccccc1)C2. The molecule has 2 N–H and O–H groups in total. The molecule has 6 nitrogen and oxygen atoms in total. The molecule has 0 saturated carbocycles. The number of carbonyl (C=O) groups excluding carboxylic acids is 1. The van der Waals surface area contributed by atoms with E-state index in [2.05, 4.69) is 33.7 Å². The molecule has 6 heteroatoms. The van der Waals surface area contributed by atoms with E-state index in [4.69, 9.17) is 4.74 Å². The molecule has 3 heterocycles. The number of H-pyrrole nitrogens is 1. The van der Waals surface area contributed by atoms with Gasteiger partial charge >= 0.3 is 0 Å². The van der Waals surface area contributed by atoms with Gasteiger partial charge in [0.1, 0.15) is 5.75 Å². The summed E-state index contributed by atoms with van der Waals surface area (Å²) in [5.74, 6) is 0.796. The summed E-state index contributed by atoms with van der Waals surface area (Å²) in [6, 6.07) is 16.4. The molecular weight excluding hydrogens is 364 g/mol. The number of fused-ring (bicyclic) bond motifs is 2. The number of carbonyl (C=O) groups is 1. The Hall–Kier alpha value is -3.12. The van der Waals surface area contributed by atoms with E-state index in [1.165, 1.54) is 5.56 Å². The van der Waals surface area contributed by atoms with Gasteiger partial charge in [-0.1, -0.05) is 36.4 Å². The number of ether oxygens (including phenoxy) is 1. The number of rotatable bonds is 3. The summed E-state index contributed by atoms with van der Waals surface area (Å²) in [6.07, 6.45) is 1.65. The first-order valence-corrected chi connectivity index (χ1v) is 10.0. The van der Waals surface area contributed by atoms with Gasteiger partial charge in [0, 0.05) is 37.3 Å². The predicted molar refractivity (Wildman–Crippen MR) is 110 cm³/mol. The van der Waals surface area contributed by atoms with Crippen LogP contribution in [0.2, 0.25) is 0 Å². The number of benzene rings is 2. The Kier molecular flexibility index (Phi) is 4.56. The van der Waals surface area contributed by atoms with Crippen molar-refractivity contribution >= 4 is 5.91 Å². The first-order valence-electron chi connectivity index (χ1n) is 10.0. The van der Waals surface area contributed by atoms with Gasteiger partial charge in [0.15, 0.2) is 5.69 Å². The largest absolute Gasteiger partial charge is 0.497 e. The minimum Gasteiger partial charge on any atom is -0.497 e. The zero-order valence-corrected chi connectivity index (χ0v) is 16.4. The second kappa shape index (κ2) is 7.37. The maximum absolute atomic E-state index is 13.7. The molecule has 2 aliphatic rings. The lowest BCUT2D eigenvalue weighted by molar-refractivity contribution is 0.0630. The minimum absolute atomic E-state index is 0.0199. The number of nitrogens with one attached hydrogen (secondary N) is 2. The fourth-order valence-electron chi connectivity index (χ4n) is 4.41. The van der Waals surface area contributed by atoms with E-state index < -0.39 is 0 Å². The van der Waals surface area contributed by atoms with Gasteiger partial charge in [-0.15, -0.1) is 0 Å². The van der Waals surface area contributed by atoms with Crippen LogP contribution in [-0.4, -0.2) is 34.7 Å². The van der Waals surface area contributed by atoms with Gasteiger partial charge in [0.2, 0.25) is 0 Å². The van der Waals surface area contributed by atoms with Crippen LogP contribution in [0.4, 0.5) is 0 Å². The third kappa shape index (κ3) is 3.19. The molecule has 3 aromatic rings. The Morgan fingerprint density at radius 3 is 2.86 bits per heavy atom. The molecule has 5 rings (SSSR count). The lowest BCUT2D eigenvalue weighted by Crippen LogP contribution is -2.40. The second-order valence-corrected chi connectivity index (χ2v) is 7.65. The Morgan fingerprint density at radius 1 is 1.17 bits per heavy atom. The quantitative estimate of drug-likeness (QED) is 0.724. The van der Waals surface area contributed by atoms with Crippen molar-refractivity contribution in [2.75, 3.05) is 13.7 Å². The number of aromatic nitrogens is 2. The van der Waals surface area contributed by atoms with E-state index in [9.17, 15) is 4.79 Å². The number of hydrogen-bond donors (Lipinski definition) is 2. The van der Waals surface area contributed by atoms with Gasteiger partial charge in [-0.25, -0.2) is 0 Å². The molecule has 0 bridgehead atoms. The molecule has 1 unspecified atom stereocenters. The number of methoxy groups -OCH3 is 1. The average Bonchev–Trinajstić information content (AvgIpc) is 3.22. The van der Waals surface area contributed by atoms with Crippen LogP contribution < -0.4 is 10.1 Å². The van der Waals surface area contributed by atoms with Crippen molar-refractivity contribution in [2.24, 2.45) is 0 Å². The number of nitrogens with zero attached hydrogens (tertiary/aromatic N) is 2. The first-order chi connectivity index (χ1) is 14.2. The molecule has 0 saturated heterocycles. The van der Waals surface area contributed by atoms with Crippen LogP contribution in [0.5, 0.6) is 5.75 Å². The fraction of sp³-hybridized carbons (Fsp3) is 0.304. The van der Waals surface area contributed by atoms with Crippen molar-refractivity contribution in [1.82, 2.24) is 20.4 Å². The third-order valence-electron chi connectivity index (χ3n) is 6.00. The normalized spacial score (nSPS) is 18.1.